The van der Waals surface area contributed by atoms with E-state index in [2.05, 4.69) is 41.6 Å². The predicted molar refractivity (Wildman–Crippen MR) is 130 cm³/mol. The summed E-state index contributed by atoms with van der Waals surface area (Å²) in [6.45, 7) is 10.2. The summed E-state index contributed by atoms with van der Waals surface area (Å²) in [5, 5.41) is 9.68. The molecule has 1 aliphatic carbocycles. The van der Waals surface area contributed by atoms with Gasteiger partial charge in [0.15, 0.2) is 5.16 Å². The molecular formula is C22H34ClF2N7S. The van der Waals surface area contributed by atoms with Crippen molar-refractivity contribution in [2.24, 2.45) is 7.05 Å². The molecule has 3 heterocycles. The number of nitrogens with zero attached hydrogens (tertiary/aromatic N) is 7. The van der Waals surface area contributed by atoms with Gasteiger partial charge < -0.3 is 9.47 Å². The van der Waals surface area contributed by atoms with Crippen molar-refractivity contribution in [1.82, 2.24) is 29.6 Å². The number of anilines is 1. The predicted octanol–water partition coefficient (Wildman–Crippen LogP) is 4.44. The highest BCUT2D eigenvalue weighted by atomic mass is 35.5. The molecule has 11 heteroatoms. The minimum absolute atomic E-state index is 0. The summed E-state index contributed by atoms with van der Waals surface area (Å²) in [4.78, 5) is 13.3. The molecule has 33 heavy (non-hydrogen) atoms. The van der Waals surface area contributed by atoms with Crippen molar-refractivity contribution in [1.29, 1.82) is 0 Å². The van der Waals surface area contributed by atoms with Crippen molar-refractivity contribution in [2.75, 3.05) is 43.4 Å². The van der Waals surface area contributed by atoms with E-state index < -0.39 is 6.43 Å². The molecule has 1 aliphatic heterocycles. The fourth-order valence-electron chi connectivity index (χ4n) is 3.86. The molecule has 2 aromatic rings. The Morgan fingerprint density at radius 1 is 1.09 bits per heavy atom. The van der Waals surface area contributed by atoms with Crippen molar-refractivity contribution >= 4 is 30.0 Å². The summed E-state index contributed by atoms with van der Waals surface area (Å²) in [6.07, 6.45) is 0.955. The molecule has 0 aromatic carbocycles. The molecule has 0 spiro atoms. The van der Waals surface area contributed by atoms with E-state index in [1.165, 1.54) is 18.9 Å². The maximum absolute atomic E-state index is 13.4. The van der Waals surface area contributed by atoms with Gasteiger partial charge in [-0.2, -0.15) is 0 Å². The summed E-state index contributed by atoms with van der Waals surface area (Å²) in [7, 11) is 2.06. The Kier molecular flexibility index (Phi) is 8.55. The maximum Gasteiger partial charge on any atom is 0.280 e. The third-order valence-corrected chi connectivity index (χ3v) is 7.09. The van der Waals surface area contributed by atoms with E-state index in [0.717, 1.165) is 55.9 Å². The third-order valence-electron chi connectivity index (χ3n) is 5.98. The molecule has 1 saturated carbocycles. The van der Waals surface area contributed by atoms with Crippen LogP contribution in [0.3, 0.4) is 0 Å². The molecule has 4 rings (SSSR count). The van der Waals surface area contributed by atoms with E-state index in [4.69, 9.17) is 0 Å². The Hall–Kier alpha value is -1.52. The van der Waals surface area contributed by atoms with Crippen LogP contribution >= 0.6 is 24.2 Å². The van der Waals surface area contributed by atoms with Gasteiger partial charge in [-0.3, -0.25) is 4.90 Å². The molecule has 7 nitrogen and oxygen atoms in total. The molecule has 0 radical (unpaired) electrons. The fraction of sp³-hybridized carbons (Fsp3) is 0.727. The quantitative estimate of drug-likeness (QED) is 0.391. The van der Waals surface area contributed by atoms with Gasteiger partial charge in [0, 0.05) is 56.4 Å². The molecule has 2 aromatic heterocycles. The van der Waals surface area contributed by atoms with Gasteiger partial charge in [0.05, 0.1) is 0 Å². The lowest BCUT2D eigenvalue weighted by Crippen LogP contribution is -2.47. The zero-order chi connectivity index (χ0) is 22.9. The molecule has 0 N–H and O–H groups in total. The van der Waals surface area contributed by atoms with Crippen LogP contribution < -0.4 is 4.90 Å². The summed E-state index contributed by atoms with van der Waals surface area (Å²) < 4.78 is 28.9. The second-order valence-corrected chi connectivity index (χ2v) is 10.8. The van der Waals surface area contributed by atoms with E-state index in [1.54, 1.807) is 11.8 Å². The van der Waals surface area contributed by atoms with Gasteiger partial charge in [-0.15, -0.1) is 22.6 Å². The number of alkyl halides is 2. The second-order valence-electron chi connectivity index (χ2n) is 9.73. The maximum atomic E-state index is 13.4. The number of piperazine rings is 1. The summed E-state index contributed by atoms with van der Waals surface area (Å²) in [6, 6.07) is 1.45. The number of aromatic nitrogens is 5. The van der Waals surface area contributed by atoms with Crippen LogP contribution in [-0.4, -0.2) is 68.1 Å². The molecule has 184 valence electrons. The van der Waals surface area contributed by atoms with Crippen LogP contribution in [0.25, 0.3) is 0 Å². The van der Waals surface area contributed by atoms with Crippen molar-refractivity contribution in [3.05, 3.63) is 23.4 Å². The average molecular weight is 502 g/mol. The first-order valence-electron chi connectivity index (χ1n) is 11.4. The smallest absolute Gasteiger partial charge is 0.280 e. The van der Waals surface area contributed by atoms with Crippen molar-refractivity contribution in [3.8, 4) is 0 Å². The van der Waals surface area contributed by atoms with Crippen molar-refractivity contribution in [3.63, 3.8) is 0 Å². The van der Waals surface area contributed by atoms with E-state index in [0.29, 0.717) is 17.6 Å². The molecule has 0 amide bonds. The largest absolute Gasteiger partial charge is 0.354 e. The van der Waals surface area contributed by atoms with Gasteiger partial charge in [0.1, 0.15) is 23.2 Å². The number of thioether (sulfide) groups is 1. The van der Waals surface area contributed by atoms with E-state index >= 15 is 0 Å². The van der Waals surface area contributed by atoms with Crippen molar-refractivity contribution in [2.45, 2.75) is 62.9 Å². The van der Waals surface area contributed by atoms with Crippen LogP contribution in [0, 0.1) is 0 Å². The average Bonchev–Trinajstić information content (AvgIpc) is 3.54. The van der Waals surface area contributed by atoms with Crippen LogP contribution in [0.1, 0.15) is 69.7 Å². The molecule has 0 unspecified atom stereocenters. The van der Waals surface area contributed by atoms with Gasteiger partial charge in [-0.1, -0.05) is 32.5 Å². The van der Waals surface area contributed by atoms with Crippen LogP contribution in [0.4, 0.5) is 14.6 Å². The molecule has 2 aliphatic rings. The Morgan fingerprint density at radius 3 is 2.39 bits per heavy atom. The normalized spacial score (nSPS) is 17.5. The molecule has 0 atom stereocenters. The Bertz CT molecular complexity index is 922. The van der Waals surface area contributed by atoms with Crippen molar-refractivity contribution < 1.29 is 8.78 Å². The SMILES string of the molecule is Cl.Cn1c(SCCCN2CCN(c3cc(C(F)F)nc(C(C)(C)C)n3)CC2)nnc1C1CC1. The highest BCUT2D eigenvalue weighted by Crippen LogP contribution is 2.39. The number of hydrogen-bond acceptors (Lipinski definition) is 7. The topological polar surface area (TPSA) is 63.0 Å². The summed E-state index contributed by atoms with van der Waals surface area (Å²) in [5.74, 6) is 3.83. The van der Waals surface area contributed by atoms with Crippen LogP contribution in [0.2, 0.25) is 0 Å². The van der Waals surface area contributed by atoms with E-state index in [1.807, 2.05) is 20.8 Å². The highest BCUT2D eigenvalue weighted by Gasteiger charge is 2.29. The third kappa shape index (κ3) is 6.54. The zero-order valence-corrected chi connectivity index (χ0v) is 21.4. The van der Waals surface area contributed by atoms with Crippen LogP contribution in [0.15, 0.2) is 11.2 Å². The van der Waals surface area contributed by atoms with Gasteiger partial charge in [0.25, 0.3) is 6.43 Å². The first kappa shape index (κ1) is 26.1. The Labute approximate surface area is 205 Å². The minimum atomic E-state index is -2.59. The first-order valence-corrected chi connectivity index (χ1v) is 12.4. The summed E-state index contributed by atoms with van der Waals surface area (Å²) in [5.41, 5.74) is -0.561. The Balaban J connectivity index is 0.00000306. The molecular weight excluding hydrogens is 468 g/mol. The van der Waals surface area contributed by atoms with E-state index in [9.17, 15) is 8.78 Å². The zero-order valence-electron chi connectivity index (χ0n) is 19.8. The second kappa shape index (κ2) is 10.8. The lowest BCUT2D eigenvalue weighted by molar-refractivity contribution is 0.145. The van der Waals surface area contributed by atoms with Crippen LogP contribution in [0.5, 0.6) is 0 Å². The van der Waals surface area contributed by atoms with E-state index in [-0.39, 0.29) is 23.5 Å². The standard InChI is InChI=1S/C22H33F2N7S.ClH/c1-22(2,3)20-25-16(18(23)24)14-17(26-20)31-11-9-30(10-12-31)8-5-13-32-21-28-27-19(29(21)4)15-6-7-15;/h14-15,18H,5-13H2,1-4H3;1H. The molecule has 0 bridgehead atoms. The first-order chi connectivity index (χ1) is 15.2. The van der Waals surface area contributed by atoms with Gasteiger partial charge in [-0.05, 0) is 25.8 Å². The van der Waals surface area contributed by atoms with Gasteiger partial charge >= 0.3 is 0 Å². The molecule has 2 fully saturated rings. The van der Waals surface area contributed by atoms with Gasteiger partial charge in [-0.25, -0.2) is 18.7 Å². The number of hydrogen-bond donors (Lipinski definition) is 0. The number of halogens is 3. The van der Waals surface area contributed by atoms with Gasteiger partial charge in [0.2, 0.25) is 0 Å². The Morgan fingerprint density at radius 2 is 1.79 bits per heavy atom. The summed E-state index contributed by atoms with van der Waals surface area (Å²) >= 11 is 1.77. The highest BCUT2D eigenvalue weighted by molar-refractivity contribution is 7.99. The molecule has 1 saturated heterocycles. The lowest BCUT2D eigenvalue weighted by atomic mass is 9.95. The fourth-order valence-corrected chi connectivity index (χ4v) is 4.70. The number of rotatable bonds is 8. The monoisotopic (exact) mass is 501 g/mol. The minimum Gasteiger partial charge on any atom is -0.354 e. The lowest BCUT2D eigenvalue weighted by Gasteiger charge is -2.36. The van der Waals surface area contributed by atoms with Crippen LogP contribution in [-0.2, 0) is 12.5 Å².